The summed E-state index contributed by atoms with van der Waals surface area (Å²) >= 11 is 0. The van der Waals surface area contributed by atoms with Crippen molar-refractivity contribution >= 4 is 23.1 Å². The van der Waals surface area contributed by atoms with Crippen molar-refractivity contribution in [1.82, 2.24) is 0 Å². The molecular formula is C12H13BrMgO2. The Bertz CT molecular complexity index is 359. The van der Waals surface area contributed by atoms with Gasteiger partial charge in [0.05, 0.1) is 19.0 Å². The summed E-state index contributed by atoms with van der Waals surface area (Å²) in [5.41, 5.74) is 0.609. The van der Waals surface area contributed by atoms with E-state index in [-0.39, 0.29) is 46.1 Å². The van der Waals surface area contributed by atoms with Crippen LogP contribution in [0.25, 0.3) is 0 Å². The van der Waals surface area contributed by atoms with E-state index in [1.807, 2.05) is 19.9 Å². The van der Waals surface area contributed by atoms with Crippen LogP contribution in [-0.2, 0) is 0 Å². The first-order valence-corrected chi connectivity index (χ1v) is 4.45. The van der Waals surface area contributed by atoms with Crippen LogP contribution in [-0.4, -0.2) is 36.3 Å². The monoisotopic (exact) mass is 292 g/mol. The number of para-hydroxylation sites is 1. The summed E-state index contributed by atoms with van der Waals surface area (Å²) in [4.78, 5) is 0. The second-order valence-corrected chi connectivity index (χ2v) is 3.13. The van der Waals surface area contributed by atoms with Gasteiger partial charge < -0.3 is 32.9 Å². The van der Waals surface area contributed by atoms with Gasteiger partial charge in [-0.05, 0) is 19.9 Å². The summed E-state index contributed by atoms with van der Waals surface area (Å²) in [6, 6.07) is 5.38. The number of benzene rings is 1. The molecule has 0 heterocycles. The Morgan fingerprint density at radius 3 is 2.38 bits per heavy atom. The molecule has 0 N–H and O–H groups in total. The van der Waals surface area contributed by atoms with Crippen LogP contribution in [0.3, 0.4) is 0 Å². The molecule has 0 atom stereocenters. The van der Waals surface area contributed by atoms with E-state index in [0.29, 0.717) is 17.1 Å². The van der Waals surface area contributed by atoms with Gasteiger partial charge in [0.15, 0.2) is 0 Å². The predicted octanol–water partition coefficient (Wildman–Crippen LogP) is -0.957. The van der Waals surface area contributed by atoms with Gasteiger partial charge >= 0.3 is 23.1 Å². The van der Waals surface area contributed by atoms with Gasteiger partial charge in [0.25, 0.3) is 0 Å². The van der Waals surface area contributed by atoms with Crippen molar-refractivity contribution in [2.75, 3.05) is 7.11 Å². The Labute approximate surface area is 124 Å². The first-order chi connectivity index (χ1) is 6.69. The fraction of sp³-hybridized carbons (Fsp3) is 0.333. The van der Waals surface area contributed by atoms with E-state index in [2.05, 4.69) is 5.92 Å². The minimum atomic E-state index is 0. The third kappa shape index (κ3) is 4.64. The van der Waals surface area contributed by atoms with Crippen LogP contribution in [0.1, 0.15) is 19.4 Å². The molecule has 16 heavy (non-hydrogen) atoms. The molecule has 4 heteroatoms. The summed E-state index contributed by atoms with van der Waals surface area (Å²) in [7, 11) is 1.58. The topological polar surface area (TPSA) is 18.5 Å². The fourth-order valence-corrected chi connectivity index (χ4v) is 1.13. The first-order valence-electron chi connectivity index (χ1n) is 4.45. The maximum atomic E-state index is 7.12. The van der Waals surface area contributed by atoms with Crippen molar-refractivity contribution in [2.45, 2.75) is 20.0 Å². The number of ether oxygens (including phenoxy) is 2. The molecule has 0 aromatic heterocycles. The third-order valence-corrected chi connectivity index (χ3v) is 1.69. The second-order valence-electron chi connectivity index (χ2n) is 3.13. The van der Waals surface area contributed by atoms with Gasteiger partial charge in [0, 0.05) is 0 Å². The van der Waals surface area contributed by atoms with E-state index in [1.54, 1.807) is 19.2 Å². The zero-order valence-corrected chi connectivity index (χ0v) is 12.7. The zero-order chi connectivity index (χ0) is 10.6. The van der Waals surface area contributed by atoms with Gasteiger partial charge in [-0.1, -0.05) is 11.6 Å². The molecule has 1 aromatic carbocycles. The van der Waals surface area contributed by atoms with Crippen LogP contribution in [0.5, 0.6) is 11.5 Å². The maximum absolute atomic E-state index is 7.12. The molecule has 0 radical (unpaired) electrons. The standard InChI is InChI=1S/C12H13O2.BrH.Mg/c1-5-10-7-6-8-11(13-4)12(10)14-9(2)3;;/h6-9H,2-4H3;1H;/q-1;;+2/p-1. The Balaban J connectivity index is 0. The van der Waals surface area contributed by atoms with Crippen LogP contribution >= 0.6 is 0 Å². The number of methoxy groups -OCH3 is 1. The predicted molar refractivity (Wildman–Crippen MR) is 60.7 cm³/mol. The largest absolute Gasteiger partial charge is 2.00 e. The minimum absolute atomic E-state index is 0. The molecule has 0 unspecified atom stereocenters. The summed E-state index contributed by atoms with van der Waals surface area (Å²) in [5.74, 6) is 3.54. The molecule has 0 aliphatic carbocycles. The molecule has 1 aromatic rings. The summed E-state index contributed by atoms with van der Waals surface area (Å²) < 4.78 is 10.7. The van der Waals surface area contributed by atoms with Crippen molar-refractivity contribution in [3.05, 3.63) is 30.2 Å². The van der Waals surface area contributed by atoms with Crippen molar-refractivity contribution in [1.29, 1.82) is 0 Å². The van der Waals surface area contributed by atoms with E-state index in [1.165, 1.54) is 0 Å². The molecule has 2 nitrogen and oxygen atoms in total. The quantitative estimate of drug-likeness (QED) is 0.406. The number of halogens is 1. The molecule has 0 aliphatic rings. The molecule has 0 amide bonds. The van der Waals surface area contributed by atoms with E-state index in [4.69, 9.17) is 15.9 Å². The van der Waals surface area contributed by atoms with E-state index < -0.39 is 0 Å². The zero-order valence-electron chi connectivity index (χ0n) is 9.71. The van der Waals surface area contributed by atoms with Gasteiger partial charge in [-0.3, -0.25) is 5.92 Å². The molecule has 0 saturated carbocycles. The van der Waals surface area contributed by atoms with Gasteiger partial charge in [0.1, 0.15) is 5.75 Å². The summed E-state index contributed by atoms with van der Waals surface area (Å²) in [6.07, 6.45) is 7.17. The third-order valence-electron chi connectivity index (χ3n) is 1.69. The Morgan fingerprint density at radius 1 is 1.31 bits per heavy atom. The van der Waals surface area contributed by atoms with Crippen LogP contribution < -0.4 is 26.5 Å². The van der Waals surface area contributed by atoms with Gasteiger partial charge in [-0.2, -0.15) is 0 Å². The average molecular weight is 293 g/mol. The van der Waals surface area contributed by atoms with Crippen LogP contribution in [0, 0.1) is 12.3 Å². The Morgan fingerprint density at radius 2 is 1.94 bits per heavy atom. The minimum Gasteiger partial charge on any atom is -1.00 e. The molecule has 0 aliphatic heterocycles. The summed E-state index contributed by atoms with van der Waals surface area (Å²) in [6.45, 7) is 3.86. The molecule has 0 spiro atoms. The van der Waals surface area contributed by atoms with Crippen LogP contribution in [0.2, 0.25) is 0 Å². The van der Waals surface area contributed by atoms with Crippen molar-refractivity contribution < 1.29 is 26.5 Å². The number of hydrogen-bond acceptors (Lipinski definition) is 2. The van der Waals surface area contributed by atoms with Crippen LogP contribution in [0.4, 0.5) is 0 Å². The smallest absolute Gasteiger partial charge is 1.00 e. The molecule has 0 fully saturated rings. The molecular weight excluding hydrogens is 280 g/mol. The SMILES string of the molecule is [Br-].[C-]#Cc1cccc(OC)c1OC(C)C.[Mg+2]. The van der Waals surface area contributed by atoms with E-state index >= 15 is 0 Å². The number of rotatable bonds is 3. The second kappa shape index (κ2) is 8.74. The molecule has 1 rings (SSSR count). The maximum Gasteiger partial charge on any atom is 2.00 e. The molecule has 82 valence electrons. The first kappa shape index (κ1) is 18.0. The van der Waals surface area contributed by atoms with Gasteiger partial charge in [-0.25, -0.2) is 0 Å². The van der Waals surface area contributed by atoms with E-state index in [9.17, 15) is 0 Å². The normalized spacial score (nSPS) is 8.44. The molecule has 0 saturated heterocycles. The number of hydrogen-bond donors (Lipinski definition) is 0. The van der Waals surface area contributed by atoms with Crippen molar-refractivity contribution in [3.63, 3.8) is 0 Å². The van der Waals surface area contributed by atoms with Crippen molar-refractivity contribution in [3.8, 4) is 17.4 Å². The fourth-order valence-electron chi connectivity index (χ4n) is 1.13. The molecule has 0 bridgehead atoms. The Kier molecular flexibility index (Phi) is 9.84. The summed E-state index contributed by atoms with van der Waals surface area (Å²) in [5, 5.41) is 0. The average Bonchev–Trinajstić information content (AvgIpc) is 2.17. The van der Waals surface area contributed by atoms with Crippen LogP contribution in [0.15, 0.2) is 18.2 Å². The van der Waals surface area contributed by atoms with Gasteiger partial charge in [0.2, 0.25) is 0 Å². The Hall–Kier alpha value is -0.374. The van der Waals surface area contributed by atoms with E-state index in [0.717, 1.165) is 0 Å². The van der Waals surface area contributed by atoms with Crippen molar-refractivity contribution in [2.24, 2.45) is 0 Å². The van der Waals surface area contributed by atoms with Gasteiger partial charge in [-0.15, -0.1) is 6.07 Å².